The Kier molecular flexibility index (Phi) is 5.31. The number of fused-ring (bicyclic) bond motifs is 1. The summed E-state index contributed by atoms with van der Waals surface area (Å²) in [7, 11) is 0. The molecule has 2 amide bonds. The number of piperidine rings is 1. The molecular formula is C27H29N5O3. The molecule has 1 atom stereocenters. The van der Waals surface area contributed by atoms with Gasteiger partial charge in [-0.2, -0.15) is 5.10 Å². The zero-order valence-corrected chi connectivity index (χ0v) is 19.2. The highest BCUT2D eigenvalue weighted by Crippen LogP contribution is 2.40. The molecule has 0 radical (unpaired) electrons. The van der Waals surface area contributed by atoms with E-state index in [0.717, 1.165) is 17.7 Å². The standard InChI is InChI=1S/C27H29N5O3/c1-2-23(33)31-16-13-18(14-17-31)22-12-15-29-27-24(26(28)34)25(30-32(22)27)19-8-10-21(11-9-19)35-20-6-4-3-5-7-20/h2-11,18,22,29H,1,12-17H2,(H2,28,34)/i1D2,2D. The van der Waals surface area contributed by atoms with E-state index in [1.54, 1.807) is 0 Å². The van der Waals surface area contributed by atoms with Crippen molar-refractivity contribution in [3.05, 3.63) is 72.7 Å². The van der Waals surface area contributed by atoms with Crippen LogP contribution in [0.25, 0.3) is 11.3 Å². The summed E-state index contributed by atoms with van der Waals surface area (Å²) in [5.41, 5.74) is 7.43. The van der Waals surface area contributed by atoms with Crippen molar-refractivity contribution in [2.75, 3.05) is 25.0 Å². The number of carbonyl (C=O) groups is 2. The number of benzene rings is 2. The summed E-state index contributed by atoms with van der Waals surface area (Å²) >= 11 is 0. The van der Waals surface area contributed by atoms with Gasteiger partial charge in [-0.3, -0.25) is 9.59 Å². The van der Waals surface area contributed by atoms with Gasteiger partial charge in [-0.05, 0) is 67.6 Å². The van der Waals surface area contributed by atoms with E-state index < -0.39 is 24.4 Å². The van der Waals surface area contributed by atoms with Crippen molar-refractivity contribution in [2.45, 2.75) is 25.3 Å². The van der Waals surface area contributed by atoms with Gasteiger partial charge in [0.1, 0.15) is 28.6 Å². The van der Waals surface area contributed by atoms with E-state index in [2.05, 4.69) is 5.32 Å². The van der Waals surface area contributed by atoms with E-state index in [1.165, 1.54) is 4.90 Å². The first-order valence-corrected chi connectivity index (χ1v) is 11.8. The molecule has 2 aromatic carbocycles. The molecule has 2 aliphatic heterocycles. The van der Waals surface area contributed by atoms with Gasteiger partial charge >= 0.3 is 0 Å². The maximum atomic E-state index is 12.6. The second-order valence-electron chi connectivity index (χ2n) is 8.86. The number of anilines is 1. The Labute approximate surface area is 208 Å². The van der Waals surface area contributed by atoms with Crippen molar-refractivity contribution < 1.29 is 18.4 Å². The molecular weight excluding hydrogens is 442 g/mol. The van der Waals surface area contributed by atoms with Gasteiger partial charge in [-0.25, -0.2) is 4.68 Å². The van der Waals surface area contributed by atoms with E-state index in [0.29, 0.717) is 55.3 Å². The van der Waals surface area contributed by atoms with Gasteiger partial charge in [0.25, 0.3) is 5.91 Å². The van der Waals surface area contributed by atoms with E-state index >= 15 is 0 Å². The SMILES string of the molecule is [2H]C([2H])=C([2H])C(=O)N1CCC(C2CCNc3c(C(N)=O)c(-c4ccc(Oc5ccccc5)cc4)nn32)CC1. The fourth-order valence-corrected chi connectivity index (χ4v) is 5.05. The summed E-state index contributed by atoms with van der Waals surface area (Å²) < 4.78 is 29.9. The van der Waals surface area contributed by atoms with Crippen molar-refractivity contribution in [1.82, 2.24) is 14.7 Å². The van der Waals surface area contributed by atoms with Gasteiger partial charge in [0.2, 0.25) is 5.91 Å². The highest BCUT2D eigenvalue weighted by Gasteiger charge is 2.35. The second kappa shape index (κ2) is 9.66. The van der Waals surface area contributed by atoms with Crippen LogP contribution in [-0.2, 0) is 4.79 Å². The van der Waals surface area contributed by atoms with Crippen LogP contribution in [0.2, 0.25) is 0 Å². The molecule has 0 aliphatic carbocycles. The number of para-hydroxylation sites is 1. The van der Waals surface area contributed by atoms with Crippen LogP contribution in [-0.4, -0.2) is 46.1 Å². The topological polar surface area (TPSA) is 102 Å². The van der Waals surface area contributed by atoms with Gasteiger partial charge in [0.15, 0.2) is 0 Å². The lowest BCUT2D eigenvalue weighted by Gasteiger charge is -2.38. The third-order valence-corrected chi connectivity index (χ3v) is 6.79. The average Bonchev–Trinajstić information content (AvgIpc) is 3.33. The molecule has 3 N–H and O–H groups in total. The quantitative estimate of drug-likeness (QED) is 0.521. The first-order chi connectivity index (χ1) is 18.3. The highest BCUT2D eigenvalue weighted by atomic mass is 16.5. The maximum Gasteiger partial charge on any atom is 0.254 e. The summed E-state index contributed by atoms with van der Waals surface area (Å²) in [4.78, 5) is 26.5. The van der Waals surface area contributed by atoms with Crippen LogP contribution in [0.4, 0.5) is 5.82 Å². The molecule has 0 bridgehead atoms. The molecule has 0 spiro atoms. The zero-order valence-electron chi connectivity index (χ0n) is 22.2. The van der Waals surface area contributed by atoms with Gasteiger partial charge in [-0.1, -0.05) is 24.7 Å². The number of rotatable bonds is 6. The van der Waals surface area contributed by atoms with Gasteiger partial charge in [0, 0.05) is 25.2 Å². The van der Waals surface area contributed by atoms with Crippen molar-refractivity contribution in [3.8, 4) is 22.8 Å². The highest BCUT2D eigenvalue weighted by molar-refractivity contribution is 6.03. The minimum Gasteiger partial charge on any atom is -0.457 e. The molecule has 1 saturated heterocycles. The Bertz CT molecular complexity index is 1360. The molecule has 1 unspecified atom stereocenters. The molecule has 5 rings (SSSR count). The molecule has 35 heavy (non-hydrogen) atoms. The predicted octanol–water partition coefficient (Wildman–Crippen LogP) is 4.22. The number of amides is 2. The summed E-state index contributed by atoms with van der Waals surface area (Å²) in [6, 6.07) is 16.3. The molecule has 3 heterocycles. The normalized spacial score (nSPS) is 18.9. The van der Waals surface area contributed by atoms with Crippen molar-refractivity contribution in [2.24, 2.45) is 11.7 Å². The third-order valence-electron chi connectivity index (χ3n) is 6.79. The van der Waals surface area contributed by atoms with Crippen LogP contribution < -0.4 is 15.8 Å². The van der Waals surface area contributed by atoms with Gasteiger partial charge < -0.3 is 20.7 Å². The minimum absolute atomic E-state index is 0.0185. The maximum absolute atomic E-state index is 12.6. The number of primary amides is 1. The molecule has 0 saturated carbocycles. The molecule has 1 fully saturated rings. The lowest BCUT2D eigenvalue weighted by Crippen LogP contribution is -2.41. The summed E-state index contributed by atoms with van der Waals surface area (Å²) in [5.74, 6) is 1.07. The number of nitrogens with two attached hydrogens (primary N) is 1. The van der Waals surface area contributed by atoms with Crippen molar-refractivity contribution >= 4 is 17.6 Å². The number of hydrogen-bond acceptors (Lipinski definition) is 5. The molecule has 2 aliphatic rings. The molecule has 8 heteroatoms. The smallest absolute Gasteiger partial charge is 0.254 e. The lowest BCUT2D eigenvalue weighted by atomic mass is 9.87. The Morgan fingerprint density at radius 1 is 1.11 bits per heavy atom. The number of ether oxygens (including phenoxy) is 1. The van der Waals surface area contributed by atoms with Gasteiger partial charge in [0.05, 0.1) is 10.2 Å². The number of aromatic nitrogens is 2. The van der Waals surface area contributed by atoms with Crippen LogP contribution in [0.1, 0.15) is 39.8 Å². The lowest BCUT2D eigenvalue weighted by molar-refractivity contribution is -0.127. The van der Waals surface area contributed by atoms with Crippen molar-refractivity contribution in [1.29, 1.82) is 0 Å². The van der Waals surface area contributed by atoms with Gasteiger partial charge in [-0.15, -0.1) is 0 Å². The molecule has 3 aromatic rings. The summed E-state index contributed by atoms with van der Waals surface area (Å²) in [6.07, 6.45) is 2.20. The Morgan fingerprint density at radius 2 is 1.83 bits per heavy atom. The second-order valence-corrected chi connectivity index (χ2v) is 8.86. The molecule has 1 aromatic heterocycles. The Hall–Kier alpha value is -4.07. The number of nitrogens with zero attached hydrogens (tertiary/aromatic N) is 3. The van der Waals surface area contributed by atoms with Crippen LogP contribution >= 0.6 is 0 Å². The monoisotopic (exact) mass is 474 g/mol. The van der Waals surface area contributed by atoms with Crippen molar-refractivity contribution in [3.63, 3.8) is 0 Å². The average molecular weight is 475 g/mol. The first kappa shape index (κ1) is 19.3. The van der Waals surface area contributed by atoms with E-state index in [4.69, 9.17) is 19.7 Å². The third kappa shape index (κ3) is 4.51. The van der Waals surface area contributed by atoms with E-state index in [-0.39, 0.29) is 12.0 Å². The molecule has 180 valence electrons. The van der Waals surface area contributed by atoms with Crippen LogP contribution in [0, 0.1) is 5.92 Å². The zero-order chi connectivity index (χ0) is 26.8. The minimum atomic E-state index is -0.775. The fourth-order valence-electron chi connectivity index (χ4n) is 5.05. The van der Waals surface area contributed by atoms with E-state index in [9.17, 15) is 9.59 Å². The number of carbonyl (C=O) groups excluding carboxylic acids is 2. The summed E-state index contributed by atoms with van der Waals surface area (Å²) in [5, 5.41) is 8.17. The Balaban J connectivity index is 1.38. The number of likely N-dealkylation sites (tertiary alicyclic amines) is 1. The van der Waals surface area contributed by atoms with Crippen LogP contribution in [0.5, 0.6) is 11.5 Å². The molecule has 8 nitrogen and oxygen atoms in total. The van der Waals surface area contributed by atoms with E-state index in [1.807, 2.05) is 59.3 Å². The van der Waals surface area contributed by atoms with Crippen LogP contribution in [0.3, 0.4) is 0 Å². The summed E-state index contributed by atoms with van der Waals surface area (Å²) in [6.45, 7) is 0.776. The number of hydrogen-bond donors (Lipinski definition) is 2. The largest absolute Gasteiger partial charge is 0.457 e. The Morgan fingerprint density at radius 3 is 2.51 bits per heavy atom. The first-order valence-electron chi connectivity index (χ1n) is 13.3. The van der Waals surface area contributed by atoms with Crippen LogP contribution in [0.15, 0.2) is 67.2 Å². The fraction of sp³-hybridized carbons (Fsp3) is 0.296. The predicted molar refractivity (Wildman–Crippen MR) is 134 cm³/mol. The number of nitrogens with one attached hydrogen (secondary N) is 1.